The van der Waals surface area contributed by atoms with Gasteiger partial charge in [-0.05, 0) is 101 Å². The van der Waals surface area contributed by atoms with Crippen LogP contribution in [0.4, 0.5) is 11.4 Å². The second-order valence-corrected chi connectivity index (χ2v) is 11.9. The Morgan fingerprint density at radius 1 is 0.975 bits per heavy atom. The van der Waals surface area contributed by atoms with Gasteiger partial charge in [0.05, 0.1) is 22.4 Å². The Bertz CT molecular complexity index is 1570. The van der Waals surface area contributed by atoms with Crippen LogP contribution in [0.15, 0.2) is 96.0 Å². The first kappa shape index (κ1) is 26.6. The van der Waals surface area contributed by atoms with Gasteiger partial charge < -0.3 is 14.8 Å². The van der Waals surface area contributed by atoms with Crippen LogP contribution in [-0.4, -0.2) is 13.3 Å². The lowest BCUT2D eigenvalue weighted by atomic mass is 9.77. The molecule has 0 radical (unpaired) electrons. The summed E-state index contributed by atoms with van der Waals surface area (Å²) < 4.78 is 12.9. The van der Waals surface area contributed by atoms with Crippen molar-refractivity contribution in [1.29, 1.82) is 0 Å². The lowest BCUT2D eigenvalue weighted by Gasteiger charge is -2.37. The van der Waals surface area contributed by atoms with E-state index in [1.807, 2.05) is 12.3 Å². The molecule has 2 aliphatic rings. The minimum absolute atomic E-state index is 0.287. The number of methoxy groups -OCH3 is 1. The smallest absolute Gasteiger partial charge is 0.174 e. The fourth-order valence-electron chi connectivity index (χ4n) is 6.05. The van der Waals surface area contributed by atoms with Gasteiger partial charge >= 0.3 is 0 Å². The van der Waals surface area contributed by atoms with Crippen molar-refractivity contribution < 1.29 is 9.47 Å². The summed E-state index contributed by atoms with van der Waals surface area (Å²) in [4.78, 5) is 4.77. The molecular weight excluding hydrogens is 607 g/mol. The zero-order valence-electron chi connectivity index (χ0n) is 23.0. The zero-order chi connectivity index (χ0) is 27.6. The van der Waals surface area contributed by atoms with E-state index >= 15 is 0 Å². The van der Waals surface area contributed by atoms with E-state index in [1.54, 1.807) is 7.11 Å². The molecule has 0 saturated carbocycles. The van der Waals surface area contributed by atoms with Crippen LogP contribution in [-0.2, 0) is 6.61 Å². The highest BCUT2D eigenvalue weighted by Gasteiger charge is 2.37. The fourth-order valence-corrected chi connectivity index (χ4v) is 6.83. The largest absolute Gasteiger partial charge is 0.493 e. The number of nitrogens with one attached hydrogen (secondary N) is 1. The average Bonchev–Trinajstić information content (AvgIpc) is 3.45. The Kier molecular flexibility index (Phi) is 7.65. The molecule has 0 saturated heterocycles. The summed E-state index contributed by atoms with van der Waals surface area (Å²) in [6, 6.07) is 28.2. The Morgan fingerprint density at radius 2 is 1.75 bits per heavy atom. The predicted molar refractivity (Wildman–Crippen MR) is 172 cm³/mol. The minimum Gasteiger partial charge on any atom is -0.493 e. The molecule has 1 N–H and O–H groups in total. The summed E-state index contributed by atoms with van der Waals surface area (Å²) in [6.45, 7) is 4.71. The molecule has 1 heterocycles. The summed E-state index contributed by atoms with van der Waals surface area (Å²) in [6.07, 6.45) is 7.70. The van der Waals surface area contributed by atoms with Gasteiger partial charge in [-0.2, -0.15) is 0 Å². The van der Waals surface area contributed by atoms with Gasteiger partial charge in [-0.1, -0.05) is 71.8 Å². The van der Waals surface area contributed by atoms with Gasteiger partial charge in [-0.15, -0.1) is 0 Å². The quantitative estimate of drug-likeness (QED) is 0.125. The SMILES string of the molecule is COc1cc(C=Nc2ccc([C@@H]3Nc4ccccc4[C@@H]4C=CC[C@@H]43)cc2)cc(I)c1OCc1cc(C)cc(C)c1. The molecule has 0 unspecified atom stereocenters. The number of allylic oxidation sites excluding steroid dienone is 2. The number of hydrogen-bond acceptors (Lipinski definition) is 4. The minimum atomic E-state index is 0.287. The number of rotatable bonds is 7. The second-order valence-electron chi connectivity index (χ2n) is 10.7. The van der Waals surface area contributed by atoms with Crippen molar-refractivity contribution in [3.63, 3.8) is 0 Å². The number of aryl methyl sites for hydroxylation is 2. The Balaban J connectivity index is 1.17. The van der Waals surface area contributed by atoms with Crippen molar-refractivity contribution in [3.05, 3.63) is 128 Å². The van der Waals surface area contributed by atoms with Crippen LogP contribution in [0, 0.1) is 23.3 Å². The summed E-state index contributed by atoms with van der Waals surface area (Å²) in [5, 5.41) is 3.81. The molecular formula is C35H33IN2O2. The molecule has 5 heteroatoms. The summed E-state index contributed by atoms with van der Waals surface area (Å²) in [5.74, 6) is 2.47. The number of nitrogens with zero attached hydrogens (tertiary/aromatic N) is 1. The molecule has 1 aliphatic carbocycles. The van der Waals surface area contributed by atoms with Crippen LogP contribution in [0.5, 0.6) is 11.5 Å². The highest BCUT2D eigenvalue weighted by Crippen LogP contribution is 2.49. The van der Waals surface area contributed by atoms with Crippen molar-refractivity contribution in [3.8, 4) is 11.5 Å². The number of fused-ring (bicyclic) bond motifs is 3. The Hall–Kier alpha value is -3.58. The van der Waals surface area contributed by atoms with Gasteiger partial charge in [0.1, 0.15) is 6.61 Å². The van der Waals surface area contributed by atoms with Crippen LogP contribution < -0.4 is 14.8 Å². The van der Waals surface area contributed by atoms with E-state index < -0.39 is 0 Å². The third-order valence-electron chi connectivity index (χ3n) is 7.80. The van der Waals surface area contributed by atoms with Crippen LogP contribution >= 0.6 is 22.6 Å². The highest BCUT2D eigenvalue weighted by atomic mass is 127. The van der Waals surface area contributed by atoms with E-state index in [0.29, 0.717) is 24.2 Å². The standard InChI is InChI=1S/C35H33IN2O2/c1-22-15-23(2)17-25(16-22)21-40-35-31(36)18-24(19-33(35)39-3)20-37-27-13-11-26(12-14-27)34-30-9-6-8-28(30)29-7-4-5-10-32(29)38-34/h4-8,10-20,28,30,34,38H,9,21H2,1-3H3/t28-,30-,34-/m0/s1. The van der Waals surface area contributed by atoms with Gasteiger partial charge in [-0.3, -0.25) is 4.99 Å². The maximum Gasteiger partial charge on any atom is 0.174 e. The van der Waals surface area contributed by atoms with Gasteiger partial charge in [0.25, 0.3) is 0 Å². The monoisotopic (exact) mass is 640 g/mol. The highest BCUT2D eigenvalue weighted by molar-refractivity contribution is 14.1. The van der Waals surface area contributed by atoms with Crippen molar-refractivity contribution in [1.82, 2.24) is 0 Å². The lowest BCUT2D eigenvalue weighted by molar-refractivity contribution is 0.282. The maximum absolute atomic E-state index is 6.21. The molecule has 4 aromatic rings. The zero-order valence-corrected chi connectivity index (χ0v) is 25.2. The molecule has 4 nitrogen and oxygen atoms in total. The Morgan fingerprint density at radius 3 is 2.52 bits per heavy atom. The van der Waals surface area contributed by atoms with E-state index in [1.165, 1.54) is 27.9 Å². The summed E-state index contributed by atoms with van der Waals surface area (Å²) >= 11 is 2.31. The maximum atomic E-state index is 6.21. The number of hydrogen-bond donors (Lipinski definition) is 1. The number of anilines is 1. The summed E-state index contributed by atoms with van der Waals surface area (Å²) in [7, 11) is 1.68. The number of para-hydroxylation sites is 1. The summed E-state index contributed by atoms with van der Waals surface area (Å²) in [5.41, 5.74) is 9.46. The molecule has 6 rings (SSSR count). The van der Waals surface area contributed by atoms with Crippen LogP contribution in [0.25, 0.3) is 0 Å². The fraction of sp³-hybridized carbons (Fsp3) is 0.229. The molecule has 202 valence electrons. The molecule has 3 atom stereocenters. The predicted octanol–water partition coefficient (Wildman–Crippen LogP) is 9.07. The van der Waals surface area contributed by atoms with Gasteiger partial charge in [0.2, 0.25) is 0 Å². The van der Waals surface area contributed by atoms with Gasteiger partial charge in [-0.25, -0.2) is 0 Å². The van der Waals surface area contributed by atoms with E-state index in [2.05, 4.69) is 127 Å². The van der Waals surface area contributed by atoms with Crippen LogP contribution in [0.2, 0.25) is 0 Å². The molecule has 0 bridgehead atoms. The van der Waals surface area contributed by atoms with E-state index in [-0.39, 0.29) is 6.04 Å². The number of ether oxygens (including phenoxy) is 2. The van der Waals surface area contributed by atoms with Gasteiger partial charge in [0, 0.05) is 17.8 Å². The molecule has 40 heavy (non-hydrogen) atoms. The molecule has 1 aliphatic heterocycles. The molecule has 0 spiro atoms. The van der Waals surface area contributed by atoms with Crippen molar-refractivity contribution in [2.45, 2.75) is 38.8 Å². The third-order valence-corrected chi connectivity index (χ3v) is 8.60. The van der Waals surface area contributed by atoms with Crippen LogP contribution in [0.1, 0.15) is 51.8 Å². The number of benzene rings is 4. The first-order chi connectivity index (χ1) is 19.5. The normalized spacial score (nSPS) is 19.2. The molecule has 0 fully saturated rings. The second kappa shape index (κ2) is 11.5. The van der Waals surface area contributed by atoms with E-state index in [9.17, 15) is 0 Å². The molecule has 0 amide bonds. The third kappa shape index (κ3) is 5.52. The first-order valence-corrected chi connectivity index (χ1v) is 14.8. The average molecular weight is 641 g/mol. The first-order valence-electron chi connectivity index (χ1n) is 13.7. The van der Waals surface area contributed by atoms with E-state index in [4.69, 9.17) is 14.5 Å². The molecule has 0 aromatic heterocycles. The number of halogens is 1. The number of aliphatic imine (C=N–C) groups is 1. The van der Waals surface area contributed by atoms with Gasteiger partial charge in [0.15, 0.2) is 11.5 Å². The van der Waals surface area contributed by atoms with Crippen molar-refractivity contribution in [2.24, 2.45) is 10.9 Å². The molecule has 4 aromatic carbocycles. The Labute approximate surface area is 250 Å². The van der Waals surface area contributed by atoms with Crippen LogP contribution in [0.3, 0.4) is 0 Å². The topological polar surface area (TPSA) is 42.8 Å². The van der Waals surface area contributed by atoms with Crippen molar-refractivity contribution >= 4 is 40.2 Å². The van der Waals surface area contributed by atoms with E-state index in [0.717, 1.165) is 32.6 Å². The lowest BCUT2D eigenvalue weighted by Crippen LogP contribution is -2.28. The van der Waals surface area contributed by atoms with Crippen molar-refractivity contribution in [2.75, 3.05) is 12.4 Å².